The van der Waals surface area contributed by atoms with Crippen LogP contribution in [0.25, 0.3) is 0 Å². The van der Waals surface area contributed by atoms with Crippen molar-refractivity contribution in [3.63, 3.8) is 0 Å². The zero-order chi connectivity index (χ0) is 15.8. The maximum absolute atomic E-state index is 12.2. The van der Waals surface area contributed by atoms with E-state index in [1.165, 1.54) is 0 Å². The summed E-state index contributed by atoms with van der Waals surface area (Å²) in [7, 11) is 2.39. The molecule has 2 unspecified atom stereocenters. The molecule has 0 aliphatic carbocycles. The molecule has 0 bridgehead atoms. The molecule has 0 heterocycles. The van der Waals surface area contributed by atoms with Gasteiger partial charge in [0.25, 0.3) is 0 Å². The Balaban J connectivity index is 2.98. The Labute approximate surface area is 130 Å². The molecular weight excluding hydrogens is 286 g/mol. The van der Waals surface area contributed by atoms with E-state index in [0.717, 1.165) is 18.5 Å². The second-order valence-corrected chi connectivity index (χ2v) is 7.25. The lowest BCUT2D eigenvalue weighted by Crippen LogP contribution is -2.29. The maximum Gasteiger partial charge on any atom is 0.161 e. The summed E-state index contributed by atoms with van der Waals surface area (Å²) in [6.45, 7) is 7.00. The molecular formula is C16H27NO3S. The molecule has 2 atom stereocenters. The van der Waals surface area contributed by atoms with Crippen LogP contribution in [-0.2, 0) is 10.8 Å². The summed E-state index contributed by atoms with van der Waals surface area (Å²) in [6, 6.07) is 5.93. The fourth-order valence-corrected chi connectivity index (χ4v) is 3.04. The highest BCUT2D eigenvalue weighted by atomic mass is 32.2. The lowest BCUT2D eigenvalue weighted by atomic mass is 10.1. The van der Waals surface area contributed by atoms with E-state index >= 15 is 0 Å². The summed E-state index contributed by atoms with van der Waals surface area (Å²) in [5, 5.41) is 3.63. The minimum Gasteiger partial charge on any atom is -0.493 e. The number of hydrogen-bond donors (Lipinski definition) is 1. The summed E-state index contributed by atoms with van der Waals surface area (Å²) < 4.78 is 22.8. The Bertz CT molecular complexity index is 463. The van der Waals surface area contributed by atoms with Crippen molar-refractivity contribution in [3.8, 4) is 11.5 Å². The zero-order valence-corrected chi connectivity index (χ0v) is 14.5. The number of ether oxygens (including phenoxy) is 2. The molecule has 0 radical (unpaired) electrons. The fourth-order valence-electron chi connectivity index (χ4n) is 2.02. The van der Waals surface area contributed by atoms with E-state index in [2.05, 4.69) is 12.2 Å². The first kappa shape index (κ1) is 18.0. The second-order valence-electron chi connectivity index (χ2n) is 5.22. The predicted octanol–water partition coefficient (Wildman–Crippen LogP) is 2.90. The van der Waals surface area contributed by atoms with Crippen LogP contribution in [0.3, 0.4) is 0 Å². The molecule has 0 aromatic heterocycles. The van der Waals surface area contributed by atoms with Crippen LogP contribution in [0.1, 0.15) is 38.8 Å². The van der Waals surface area contributed by atoms with Gasteiger partial charge in [0.2, 0.25) is 0 Å². The summed E-state index contributed by atoms with van der Waals surface area (Å²) in [4.78, 5) is 0. The molecule has 0 spiro atoms. The molecule has 0 saturated heterocycles. The highest BCUT2D eigenvalue weighted by molar-refractivity contribution is 7.85. The standard InChI is InChI=1S/C16H27NO3S/c1-6-9-17-14(11-21(18)12(2)3)13-7-8-15(19-4)16(10-13)20-5/h7-8,10,12,14,17H,6,9,11H2,1-5H3. The lowest BCUT2D eigenvalue weighted by molar-refractivity contribution is 0.354. The van der Waals surface area contributed by atoms with Crippen LogP contribution >= 0.6 is 0 Å². The first-order chi connectivity index (χ1) is 10.0. The summed E-state index contributed by atoms with van der Waals surface area (Å²) >= 11 is 0. The van der Waals surface area contributed by atoms with Crippen molar-refractivity contribution in [1.82, 2.24) is 5.32 Å². The van der Waals surface area contributed by atoms with E-state index < -0.39 is 10.8 Å². The van der Waals surface area contributed by atoms with Gasteiger partial charge >= 0.3 is 0 Å². The van der Waals surface area contributed by atoms with Gasteiger partial charge in [-0.05, 0) is 30.7 Å². The lowest BCUT2D eigenvalue weighted by Gasteiger charge is -2.21. The van der Waals surface area contributed by atoms with Crippen LogP contribution in [0.5, 0.6) is 11.5 Å². The number of benzene rings is 1. The van der Waals surface area contributed by atoms with Crippen LogP contribution in [0, 0.1) is 0 Å². The average Bonchev–Trinajstić information content (AvgIpc) is 2.50. The Hall–Kier alpha value is -1.07. The van der Waals surface area contributed by atoms with Crippen molar-refractivity contribution in [2.45, 2.75) is 38.5 Å². The molecule has 1 N–H and O–H groups in total. The van der Waals surface area contributed by atoms with E-state index in [0.29, 0.717) is 17.3 Å². The average molecular weight is 313 g/mol. The molecule has 120 valence electrons. The normalized spacial score (nSPS) is 14.0. The van der Waals surface area contributed by atoms with Crippen LogP contribution in [0.15, 0.2) is 18.2 Å². The Morgan fingerprint density at radius 2 is 1.86 bits per heavy atom. The van der Waals surface area contributed by atoms with E-state index in [1.54, 1.807) is 14.2 Å². The van der Waals surface area contributed by atoms with Crippen LogP contribution in [-0.4, -0.2) is 36.0 Å². The third-order valence-electron chi connectivity index (χ3n) is 3.31. The monoisotopic (exact) mass is 313 g/mol. The van der Waals surface area contributed by atoms with Crippen LogP contribution < -0.4 is 14.8 Å². The number of hydrogen-bond acceptors (Lipinski definition) is 4. The molecule has 0 aliphatic heterocycles. The van der Waals surface area contributed by atoms with Gasteiger partial charge in [-0.1, -0.05) is 26.8 Å². The van der Waals surface area contributed by atoms with Gasteiger partial charge in [0.05, 0.1) is 14.2 Å². The molecule has 0 saturated carbocycles. The van der Waals surface area contributed by atoms with Crippen molar-refractivity contribution >= 4 is 10.8 Å². The molecule has 21 heavy (non-hydrogen) atoms. The highest BCUT2D eigenvalue weighted by Crippen LogP contribution is 2.30. The SMILES string of the molecule is CCCNC(CS(=O)C(C)C)c1ccc(OC)c(OC)c1. The Kier molecular flexibility index (Phi) is 7.75. The second kappa shape index (κ2) is 9.05. The first-order valence-corrected chi connectivity index (χ1v) is 8.74. The molecule has 1 aromatic carbocycles. The molecule has 1 rings (SSSR count). The quantitative estimate of drug-likeness (QED) is 0.761. The van der Waals surface area contributed by atoms with Gasteiger partial charge < -0.3 is 14.8 Å². The Morgan fingerprint density at radius 3 is 2.38 bits per heavy atom. The van der Waals surface area contributed by atoms with Gasteiger partial charge in [-0.2, -0.15) is 0 Å². The first-order valence-electron chi connectivity index (χ1n) is 7.35. The third kappa shape index (κ3) is 5.32. The maximum atomic E-state index is 12.2. The fraction of sp³-hybridized carbons (Fsp3) is 0.625. The molecule has 0 aliphatic rings. The van der Waals surface area contributed by atoms with Gasteiger partial charge in [0.15, 0.2) is 11.5 Å². The van der Waals surface area contributed by atoms with Gasteiger partial charge in [-0.3, -0.25) is 4.21 Å². The van der Waals surface area contributed by atoms with Gasteiger partial charge in [-0.25, -0.2) is 0 Å². The predicted molar refractivity (Wildman–Crippen MR) is 88.7 cm³/mol. The third-order valence-corrected chi connectivity index (χ3v) is 5.02. The van der Waals surface area contributed by atoms with Crippen molar-refractivity contribution in [1.29, 1.82) is 0 Å². The molecule has 5 heteroatoms. The van der Waals surface area contributed by atoms with Crippen molar-refractivity contribution in [2.75, 3.05) is 26.5 Å². The van der Waals surface area contributed by atoms with Crippen LogP contribution in [0.4, 0.5) is 0 Å². The van der Waals surface area contributed by atoms with Gasteiger partial charge in [0.1, 0.15) is 0 Å². The van der Waals surface area contributed by atoms with Crippen molar-refractivity contribution in [3.05, 3.63) is 23.8 Å². The summed E-state index contributed by atoms with van der Waals surface area (Å²) in [6.07, 6.45) is 1.04. The van der Waals surface area contributed by atoms with Crippen molar-refractivity contribution < 1.29 is 13.7 Å². The molecule has 1 aromatic rings. The Morgan fingerprint density at radius 1 is 1.19 bits per heavy atom. The van der Waals surface area contributed by atoms with E-state index in [-0.39, 0.29) is 11.3 Å². The van der Waals surface area contributed by atoms with E-state index in [9.17, 15) is 4.21 Å². The minimum absolute atomic E-state index is 0.0630. The number of methoxy groups -OCH3 is 2. The smallest absolute Gasteiger partial charge is 0.161 e. The highest BCUT2D eigenvalue weighted by Gasteiger charge is 2.18. The zero-order valence-electron chi connectivity index (χ0n) is 13.6. The van der Waals surface area contributed by atoms with Gasteiger partial charge in [0, 0.05) is 27.8 Å². The molecule has 0 fully saturated rings. The number of nitrogens with one attached hydrogen (secondary N) is 1. The van der Waals surface area contributed by atoms with E-state index in [1.807, 2.05) is 32.0 Å². The number of rotatable bonds is 9. The largest absolute Gasteiger partial charge is 0.493 e. The summed E-state index contributed by atoms with van der Waals surface area (Å²) in [5.74, 6) is 2.02. The summed E-state index contributed by atoms with van der Waals surface area (Å²) in [5.41, 5.74) is 1.08. The molecule has 4 nitrogen and oxygen atoms in total. The van der Waals surface area contributed by atoms with E-state index in [4.69, 9.17) is 9.47 Å². The topological polar surface area (TPSA) is 47.6 Å². The van der Waals surface area contributed by atoms with Gasteiger partial charge in [-0.15, -0.1) is 0 Å². The molecule has 0 amide bonds. The van der Waals surface area contributed by atoms with Crippen LogP contribution in [0.2, 0.25) is 0 Å². The minimum atomic E-state index is -0.856. The van der Waals surface area contributed by atoms with Crippen molar-refractivity contribution in [2.24, 2.45) is 0 Å².